The van der Waals surface area contributed by atoms with Crippen LogP contribution < -0.4 is 0 Å². The SMILES string of the molecule is CC(C)(C)OC(=O)N1Cc2c(ccnc2Cl)C1=O. The maximum atomic E-state index is 12.0. The zero-order chi connectivity index (χ0) is 13.5. The van der Waals surface area contributed by atoms with Crippen LogP contribution in [0.2, 0.25) is 5.15 Å². The van der Waals surface area contributed by atoms with E-state index in [2.05, 4.69) is 4.98 Å². The Kier molecular flexibility index (Phi) is 3.02. The number of hydrogen-bond donors (Lipinski definition) is 0. The van der Waals surface area contributed by atoms with E-state index in [4.69, 9.17) is 16.3 Å². The lowest BCUT2D eigenvalue weighted by Crippen LogP contribution is -2.36. The molecule has 1 aromatic heterocycles. The van der Waals surface area contributed by atoms with E-state index in [9.17, 15) is 9.59 Å². The summed E-state index contributed by atoms with van der Waals surface area (Å²) in [6.45, 7) is 5.34. The van der Waals surface area contributed by atoms with Crippen LogP contribution in [0.5, 0.6) is 0 Å². The molecule has 2 heterocycles. The van der Waals surface area contributed by atoms with Crippen LogP contribution in [-0.4, -0.2) is 27.5 Å². The molecule has 5 nitrogen and oxygen atoms in total. The highest BCUT2D eigenvalue weighted by Gasteiger charge is 2.36. The molecule has 0 fully saturated rings. The predicted octanol–water partition coefficient (Wildman–Crippen LogP) is 2.63. The molecule has 96 valence electrons. The molecule has 0 N–H and O–H groups in total. The highest BCUT2D eigenvalue weighted by atomic mass is 35.5. The van der Waals surface area contributed by atoms with Gasteiger partial charge in [0.25, 0.3) is 5.91 Å². The first-order chi connectivity index (χ1) is 8.29. The fourth-order valence-corrected chi connectivity index (χ4v) is 1.88. The van der Waals surface area contributed by atoms with Gasteiger partial charge in [0.2, 0.25) is 0 Å². The van der Waals surface area contributed by atoms with Crippen molar-refractivity contribution in [3.8, 4) is 0 Å². The van der Waals surface area contributed by atoms with Gasteiger partial charge >= 0.3 is 6.09 Å². The molecule has 2 amide bonds. The summed E-state index contributed by atoms with van der Waals surface area (Å²) >= 11 is 5.90. The van der Waals surface area contributed by atoms with Crippen LogP contribution in [0.25, 0.3) is 0 Å². The van der Waals surface area contributed by atoms with E-state index in [-0.39, 0.29) is 11.7 Å². The second kappa shape index (κ2) is 4.24. The van der Waals surface area contributed by atoms with Crippen molar-refractivity contribution in [2.45, 2.75) is 32.9 Å². The fraction of sp³-hybridized carbons (Fsp3) is 0.417. The number of ether oxygens (including phenoxy) is 1. The number of amides is 2. The Bertz CT molecular complexity index is 523. The Labute approximate surface area is 110 Å². The van der Waals surface area contributed by atoms with E-state index in [0.717, 1.165) is 4.90 Å². The van der Waals surface area contributed by atoms with Crippen LogP contribution in [-0.2, 0) is 11.3 Å². The maximum absolute atomic E-state index is 12.0. The first-order valence-electron chi connectivity index (χ1n) is 5.48. The summed E-state index contributed by atoms with van der Waals surface area (Å²) < 4.78 is 5.17. The average Bonchev–Trinajstić information content (AvgIpc) is 2.56. The number of rotatable bonds is 0. The molecule has 1 aliphatic rings. The molecule has 6 heteroatoms. The van der Waals surface area contributed by atoms with E-state index in [1.807, 2.05) is 0 Å². The largest absolute Gasteiger partial charge is 0.443 e. The number of carbonyl (C=O) groups excluding carboxylic acids is 2. The molecule has 0 unspecified atom stereocenters. The van der Waals surface area contributed by atoms with Crippen molar-refractivity contribution in [2.75, 3.05) is 0 Å². The normalized spacial score (nSPS) is 14.7. The Morgan fingerprint density at radius 2 is 2.17 bits per heavy atom. The maximum Gasteiger partial charge on any atom is 0.417 e. The summed E-state index contributed by atoms with van der Waals surface area (Å²) in [5.74, 6) is -0.399. The number of carbonyl (C=O) groups is 2. The summed E-state index contributed by atoms with van der Waals surface area (Å²) in [7, 11) is 0. The monoisotopic (exact) mass is 268 g/mol. The van der Waals surface area contributed by atoms with Gasteiger partial charge in [-0.3, -0.25) is 4.79 Å². The molecular formula is C12H13ClN2O3. The quantitative estimate of drug-likeness (QED) is 0.679. The van der Waals surface area contributed by atoms with Crippen molar-refractivity contribution in [1.82, 2.24) is 9.88 Å². The van der Waals surface area contributed by atoms with E-state index in [1.165, 1.54) is 6.20 Å². The zero-order valence-corrected chi connectivity index (χ0v) is 11.1. The summed E-state index contributed by atoms with van der Waals surface area (Å²) in [4.78, 5) is 28.8. The Morgan fingerprint density at radius 1 is 1.50 bits per heavy atom. The van der Waals surface area contributed by atoms with Crippen LogP contribution >= 0.6 is 11.6 Å². The molecule has 0 aliphatic carbocycles. The number of imide groups is 1. The molecule has 1 aliphatic heterocycles. The summed E-state index contributed by atoms with van der Waals surface area (Å²) in [5.41, 5.74) is 0.324. The van der Waals surface area contributed by atoms with Crippen molar-refractivity contribution in [3.63, 3.8) is 0 Å². The second-order valence-electron chi connectivity index (χ2n) is 5.00. The van der Waals surface area contributed by atoms with Crippen molar-refractivity contribution >= 4 is 23.6 Å². The van der Waals surface area contributed by atoms with Gasteiger partial charge in [0, 0.05) is 17.3 Å². The van der Waals surface area contributed by atoms with E-state index in [1.54, 1.807) is 26.8 Å². The topological polar surface area (TPSA) is 59.5 Å². The number of aromatic nitrogens is 1. The average molecular weight is 269 g/mol. The molecule has 0 atom stereocenters. The number of hydrogen-bond acceptors (Lipinski definition) is 4. The summed E-state index contributed by atoms with van der Waals surface area (Å²) in [6, 6.07) is 1.55. The minimum atomic E-state index is -0.667. The standard InChI is InChI=1S/C12H13ClN2O3/c1-12(2,3)18-11(17)15-6-8-7(10(15)16)4-5-14-9(8)13/h4-5H,6H2,1-3H3. The van der Waals surface area contributed by atoms with Crippen LogP contribution in [0, 0.1) is 0 Å². The van der Waals surface area contributed by atoms with Gasteiger partial charge in [0.15, 0.2) is 0 Å². The third-order valence-electron chi connectivity index (χ3n) is 2.41. The van der Waals surface area contributed by atoms with E-state index in [0.29, 0.717) is 11.1 Å². The zero-order valence-electron chi connectivity index (χ0n) is 10.4. The Morgan fingerprint density at radius 3 is 2.72 bits per heavy atom. The van der Waals surface area contributed by atoms with Crippen LogP contribution in [0.4, 0.5) is 4.79 Å². The molecule has 0 saturated carbocycles. The lowest BCUT2D eigenvalue weighted by molar-refractivity contribution is 0.0248. The van der Waals surface area contributed by atoms with Gasteiger partial charge in [0.1, 0.15) is 10.8 Å². The highest BCUT2D eigenvalue weighted by molar-refractivity contribution is 6.31. The molecule has 0 radical (unpaired) electrons. The minimum Gasteiger partial charge on any atom is -0.443 e. The lowest BCUT2D eigenvalue weighted by Gasteiger charge is -2.23. The van der Waals surface area contributed by atoms with Gasteiger partial charge in [-0.15, -0.1) is 0 Å². The molecule has 1 aromatic rings. The van der Waals surface area contributed by atoms with Crippen molar-refractivity contribution in [3.05, 3.63) is 28.5 Å². The van der Waals surface area contributed by atoms with Crippen molar-refractivity contribution in [2.24, 2.45) is 0 Å². The molecule has 0 saturated heterocycles. The smallest absolute Gasteiger partial charge is 0.417 e. The van der Waals surface area contributed by atoms with Gasteiger partial charge in [0.05, 0.1) is 6.54 Å². The van der Waals surface area contributed by atoms with Crippen LogP contribution in [0.15, 0.2) is 12.3 Å². The lowest BCUT2D eigenvalue weighted by atomic mass is 10.2. The molecule has 2 rings (SSSR count). The fourth-order valence-electron chi connectivity index (χ4n) is 1.66. The van der Waals surface area contributed by atoms with Gasteiger partial charge in [-0.2, -0.15) is 0 Å². The molecular weight excluding hydrogens is 256 g/mol. The van der Waals surface area contributed by atoms with Gasteiger partial charge in [-0.05, 0) is 26.8 Å². The van der Waals surface area contributed by atoms with Crippen LogP contribution in [0.3, 0.4) is 0 Å². The van der Waals surface area contributed by atoms with Gasteiger partial charge in [-0.25, -0.2) is 14.7 Å². The molecule has 18 heavy (non-hydrogen) atoms. The Balaban J connectivity index is 2.24. The molecule has 0 bridgehead atoms. The third kappa shape index (κ3) is 2.31. The van der Waals surface area contributed by atoms with Crippen molar-refractivity contribution < 1.29 is 14.3 Å². The minimum absolute atomic E-state index is 0.107. The highest BCUT2D eigenvalue weighted by Crippen LogP contribution is 2.28. The van der Waals surface area contributed by atoms with Crippen molar-refractivity contribution in [1.29, 1.82) is 0 Å². The summed E-state index contributed by atoms with van der Waals surface area (Å²) in [6.07, 6.45) is 0.775. The number of nitrogens with zero attached hydrogens (tertiary/aromatic N) is 2. The van der Waals surface area contributed by atoms with E-state index < -0.39 is 17.6 Å². The number of fused-ring (bicyclic) bond motifs is 1. The van der Waals surface area contributed by atoms with E-state index >= 15 is 0 Å². The number of pyridine rings is 1. The first-order valence-corrected chi connectivity index (χ1v) is 5.85. The summed E-state index contributed by atoms with van der Waals surface area (Å²) in [5, 5.41) is 0.243. The third-order valence-corrected chi connectivity index (χ3v) is 2.73. The predicted molar refractivity (Wildman–Crippen MR) is 65.4 cm³/mol. The first kappa shape index (κ1) is 12.8. The second-order valence-corrected chi connectivity index (χ2v) is 5.36. The van der Waals surface area contributed by atoms with Gasteiger partial charge in [-0.1, -0.05) is 11.6 Å². The van der Waals surface area contributed by atoms with Gasteiger partial charge < -0.3 is 4.74 Å². The Hall–Kier alpha value is -1.62. The molecule has 0 spiro atoms. The van der Waals surface area contributed by atoms with Crippen LogP contribution in [0.1, 0.15) is 36.7 Å². The number of halogens is 1. The molecule has 0 aromatic carbocycles.